The second-order valence-corrected chi connectivity index (χ2v) is 5.12. The molecule has 98 valence electrons. The maximum absolute atomic E-state index is 11.1. The highest BCUT2D eigenvalue weighted by Crippen LogP contribution is 2.36. The van der Waals surface area contributed by atoms with Gasteiger partial charge in [-0.3, -0.25) is 4.90 Å². The molecule has 2 bridgehead atoms. The molecule has 3 atom stereocenters. The first kappa shape index (κ1) is 12.0. The summed E-state index contributed by atoms with van der Waals surface area (Å²) in [4.78, 5) is 14.7. The molecule has 0 aliphatic carbocycles. The van der Waals surface area contributed by atoms with Crippen LogP contribution < -0.4 is 0 Å². The molecule has 1 N–H and O–H groups in total. The van der Waals surface area contributed by atoms with Gasteiger partial charge in [0.05, 0.1) is 12.1 Å². The van der Waals surface area contributed by atoms with Crippen molar-refractivity contribution in [2.45, 2.75) is 31.1 Å². The number of hydrogen-bond acceptors (Lipinski definition) is 3. The smallest absolute Gasteiger partial charge is 0.407 e. The van der Waals surface area contributed by atoms with Crippen LogP contribution in [0.4, 0.5) is 4.79 Å². The number of nitriles is 1. The van der Waals surface area contributed by atoms with E-state index < -0.39 is 6.09 Å². The van der Waals surface area contributed by atoms with E-state index in [1.165, 1.54) is 4.90 Å². The number of fused-ring (bicyclic) bond motifs is 2. The number of rotatable bonds is 2. The zero-order valence-corrected chi connectivity index (χ0v) is 10.4. The maximum Gasteiger partial charge on any atom is 0.407 e. The first-order chi connectivity index (χ1) is 9.20. The Labute approximate surface area is 111 Å². The molecular formula is C14H15N3O2. The van der Waals surface area contributed by atoms with Gasteiger partial charge < -0.3 is 10.0 Å². The first-order valence-corrected chi connectivity index (χ1v) is 6.39. The number of nitrogens with zero attached hydrogens (tertiary/aromatic N) is 3. The fourth-order valence-corrected chi connectivity index (χ4v) is 3.23. The Bertz CT molecular complexity index is 525. The van der Waals surface area contributed by atoms with Crippen LogP contribution in [0, 0.1) is 11.3 Å². The Hall–Kier alpha value is -2.06. The molecule has 1 amide bonds. The van der Waals surface area contributed by atoms with Crippen molar-refractivity contribution in [1.29, 1.82) is 5.26 Å². The van der Waals surface area contributed by atoms with Gasteiger partial charge >= 0.3 is 6.09 Å². The average molecular weight is 257 g/mol. The Balaban J connectivity index is 1.78. The summed E-state index contributed by atoms with van der Waals surface area (Å²) in [5.41, 5.74) is 1.16. The van der Waals surface area contributed by atoms with Crippen molar-refractivity contribution in [3.63, 3.8) is 0 Å². The van der Waals surface area contributed by atoms with E-state index in [4.69, 9.17) is 5.11 Å². The summed E-state index contributed by atoms with van der Waals surface area (Å²) >= 11 is 0. The van der Waals surface area contributed by atoms with Crippen LogP contribution in [0.2, 0.25) is 0 Å². The molecule has 2 saturated heterocycles. The Morgan fingerprint density at radius 2 is 2.16 bits per heavy atom. The molecule has 3 rings (SSSR count). The van der Waals surface area contributed by atoms with E-state index in [0.717, 1.165) is 12.0 Å². The molecule has 2 unspecified atom stereocenters. The van der Waals surface area contributed by atoms with Crippen LogP contribution in [0.25, 0.3) is 0 Å². The Morgan fingerprint density at radius 3 is 2.79 bits per heavy atom. The summed E-state index contributed by atoms with van der Waals surface area (Å²) < 4.78 is 0. The van der Waals surface area contributed by atoms with Gasteiger partial charge in [0.15, 0.2) is 0 Å². The van der Waals surface area contributed by atoms with E-state index in [1.807, 2.05) is 30.3 Å². The van der Waals surface area contributed by atoms with Crippen LogP contribution in [-0.4, -0.2) is 45.7 Å². The van der Waals surface area contributed by atoms with Crippen molar-refractivity contribution in [3.05, 3.63) is 35.9 Å². The van der Waals surface area contributed by atoms with Gasteiger partial charge in [-0.1, -0.05) is 30.3 Å². The van der Waals surface area contributed by atoms with E-state index in [2.05, 4.69) is 11.0 Å². The summed E-state index contributed by atoms with van der Waals surface area (Å²) in [6.07, 6.45) is -0.135. The maximum atomic E-state index is 11.1. The SMILES string of the molecule is N#CC1[C@@H]2CC(CN2C(=O)O)N1Cc1ccccc1. The molecule has 5 nitrogen and oxygen atoms in total. The van der Waals surface area contributed by atoms with Gasteiger partial charge in [-0.05, 0) is 12.0 Å². The standard InChI is InChI=1S/C14H15N3O2/c15-7-13-12-6-11(9-17(12)14(18)19)16(13)8-10-4-2-1-3-5-10/h1-5,11-13H,6,8-9H2,(H,18,19)/t11?,12-,13?/m0/s1. The zero-order valence-electron chi connectivity index (χ0n) is 10.4. The predicted molar refractivity (Wildman–Crippen MR) is 68.3 cm³/mol. The minimum absolute atomic E-state index is 0.170. The Kier molecular flexibility index (Phi) is 2.88. The molecule has 0 aromatic heterocycles. The fraction of sp³-hybridized carbons (Fsp3) is 0.429. The number of amides is 1. The lowest BCUT2D eigenvalue weighted by Crippen LogP contribution is -2.53. The van der Waals surface area contributed by atoms with E-state index in [0.29, 0.717) is 13.1 Å². The largest absolute Gasteiger partial charge is 0.465 e. The van der Waals surface area contributed by atoms with Crippen molar-refractivity contribution in [2.24, 2.45) is 0 Å². The lowest BCUT2D eigenvalue weighted by Gasteiger charge is -2.36. The third-order valence-corrected chi connectivity index (χ3v) is 4.10. The summed E-state index contributed by atoms with van der Waals surface area (Å²) in [5, 5.41) is 18.4. The second-order valence-electron chi connectivity index (χ2n) is 5.12. The van der Waals surface area contributed by atoms with Gasteiger partial charge in [0.25, 0.3) is 0 Å². The molecule has 2 heterocycles. The molecule has 5 heteroatoms. The highest BCUT2D eigenvalue weighted by molar-refractivity contribution is 5.66. The molecule has 2 aliphatic heterocycles. The molecule has 2 fully saturated rings. The van der Waals surface area contributed by atoms with E-state index in [-0.39, 0.29) is 18.1 Å². The van der Waals surface area contributed by atoms with Crippen LogP contribution in [0.15, 0.2) is 30.3 Å². The van der Waals surface area contributed by atoms with Gasteiger partial charge in [-0.2, -0.15) is 5.26 Å². The van der Waals surface area contributed by atoms with Crippen molar-refractivity contribution in [3.8, 4) is 6.07 Å². The number of benzene rings is 1. The minimum atomic E-state index is -0.910. The van der Waals surface area contributed by atoms with Crippen molar-refractivity contribution >= 4 is 6.09 Å². The third-order valence-electron chi connectivity index (χ3n) is 4.10. The topological polar surface area (TPSA) is 67.6 Å². The van der Waals surface area contributed by atoms with Crippen LogP contribution >= 0.6 is 0 Å². The van der Waals surface area contributed by atoms with Crippen LogP contribution in [0.1, 0.15) is 12.0 Å². The highest BCUT2D eigenvalue weighted by Gasteiger charge is 2.52. The lowest BCUT2D eigenvalue weighted by molar-refractivity contribution is 0.0805. The van der Waals surface area contributed by atoms with Crippen LogP contribution in [0.5, 0.6) is 0 Å². The summed E-state index contributed by atoms with van der Waals surface area (Å²) in [7, 11) is 0. The molecule has 19 heavy (non-hydrogen) atoms. The molecule has 0 radical (unpaired) electrons. The predicted octanol–water partition coefficient (Wildman–Crippen LogP) is 1.52. The molecule has 0 saturated carbocycles. The normalized spacial score (nSPS) is 29.4. The van der Waals surface area contributed by atoms with Gasteiger partial charge in [-0.25, -0.2) is 4.79 Å². The lowest BCUT2D eigenvalue weighted by atomic mass is 10.1. The molecular weight excluding hydrogens is 242 g/mol. The summed E-state index contributed by atoms with van der Waals surface area (Å²) in [6.45, 7) is 1.23. The number of hydrogen-bond donors (Lipinski definition) is 1. The number of piperazine rings is 1. The van der Waals surface area contributed by atoms with Gasteiger partial charge in [0, 0.05) is 19.1 Å². The first-order valence-electron chi connectivity index (χ1n) is 6.39. The minimum Gasteiger partial charge on any atom is -0.465 e. The molecule has 1 aromatic rings. The average Bonchev–Trinajstić information content (AvgIpc) is 2.98. The van der Waals surface area contributed by atoms with Crippen molar-refractivity contribution < 1.29 is 9.90 Å². The fourth-order valence-electron chi connectivity index (χ4n) is 3.23. The van der Waals surface area contributed by atoms with E-state index in [1.54, 1.807) is 0 Å². The van der Waals surface area contributed by atoms with E-state index in [9.17, 15) is 10.1 Å². The summed E-state index contributed by atoms with van der Waals surface area (Å²) in [6, 6.07) is 12.0. The Morgan fingerprint density at radius 1 is 1.42 bits per heavy atom. The van der Waals surface area contributed by atoms with Gasteiger partial charge in [0.1, 0.15) is 6.04 Å². The quantitative estimate of drug-likeness (QED) is 0.872. The van der Waals surface area contributed by atoms with Crippen LogP contribution in [-0.2, 0) is 6.54 Å². The van der Waals surface area contributed by atoms with E-state index >= 15 is 0 Å². The van der Waals surface area contributed by atoms with Crippen molar-refractivity contribution in [2.75, 3.05) is 6.54 Å². The molecule has 0 spiro atoms. The number of carboxylic acid groups (broad SMARTS) is 1. The summed E-state index contributed by atoms with van der Waals surface area (Å²) in [5.74, 6) is 0. The molecule has 1 aromatic carbocycles. The number of carbonyl (C=O) groups is 1. The van der Waals surface area contributed by atoms with Gasteiger partial charge in [0.2, 0.25) is 0 Å². The second kappa shape index (κ2) is 4.56. The number of likely N-dealkylation sites (tertiary alicyclic amines) is 2. The molecule has 2 aliphatic rings. The van der Waals surface area contributed by atoms with Crippen LogP contribution in [0.3, 0.4) is 0 Å². The third kappa shape index (κ3) is 1.94. The zero-order chi connectivity index (χ0) is 13.4. The van der Waals surface area contributed by atoms with Crippen molar-refractivity contribution in [1.82, 2.24) is 9.80 Å². The highest BCUT2D eigenvalue weighted by atomic mass is 16.4. The monoisotopic (exact) mass is 257 g/mol. The van der Waals surface area contributed by atoms with Gasteiger partial charge in [-0.15, -0.1) is 0 Å².